The number of hydrogen-bond donors (Lipinski definition) is 2. The van der Waals surface area contributed by atoms with Gasteiger partial charge in [0, 0.05) is 4.70 Å². The van der Waals surface area contributed by atoms with E-state index >= 15 is 0 Å². The van der Waals surface area contributed by atoms with Crippen molar-refractivity contribution < 1.29 is 13.6 Å². The van der Waals surface area contributed by atoms with Crippen molar-refractivity contribution in [2.45, 2.75) is 0 Å². The SMILES string of the molecule is Nc1cc(F)ccc1NC(=O)c1cc2ccc(F)cc2s1. The van der Waals surface area contributed by atoms with E-state index in [2.05, 4.69) is 5.32 Å². The van der Waals surface area contributed by atoms with E-state index in [0.717, 1.165) is 11.5 Å². The molecule has 21 heavy (non-hydrogen) atoms. The van der Waals surface area contributed by atoms with E-state index in [0.29, 0.717) is 15.3 Å². The summed E-state index contributed by atoms with van der Waals surface area (Å²) in [7, 11) is 0. The van der Waals surface area contributed by atoms with Gasteiger partial charge in [0.25, 0.3) is 5.91 Å². The molecule has 106 valence electrons. The first-order chi connectivity index (χ1) is 10.0. The van der Waals surface area contributed by atoms with Crippen LogP contribution >= 0.6 is 11.3 Å². The van der Waals surface area contributed by atoms with Crippen LogP contribution in [0.25, 0.3) is 10.1 Å². The largest absolute Gasteiger partial charge is 0.397 e. The Bertz CT molecular complexity index is 845. The van der Waals surface area contributed by atoms with Crippen molar-refractivity contribution >= 4 is 38.7 Å². The molecule has 0 bridgehead atoms. The highest BCUT2D eigenvalue weighted by molar-refractivity contribution is 7.20. The number of amides is 1. The Kier molecular flexibility index (Phi) is 3.31. The maximum Gasteiger partial charge on any atom is 0.265 e. The first-order valence-corrected chi connectivity index (χ1v) is 6.90. The molecule has 0 saturated carbocycles. The number of nitrogens with two attached hydrogens (primary N) is 1. The highest BCUT2D eigenvalue weighted by Crippen LogP contribution is 2.28. The summed E-state index contributed by atoms with van der Waals surface area (Å²) in [6.45, 7) is 0. The lowest BCUT2D eigenvalue weighted by Crippen LogP contribution is -2.11. The standard InChI is InChI=1S/C15H10F2N2OS/c16-9-3-4-12(11(18)6-9)19-15(20)14-5-8-1-2-10(17)7-13(8)21-14/h1-7H,18H2,(H,19,20). The third-order valence-electron chi connectivity index (χ3n) is 2.97. The van der Waals surface area contributed by atoms with Crippen molar-refractivity contribution in [2.75, 3.05) is 11.1 Å². The molecule has 6 heteroatoms. The lowest BCUT2D eigenvalue weighted by molar-refractivity contribution is 0.103. The van der Waals surface area contributed by atoms with Crippen LogP contribution in [0.2, 0.25) is 0 Å². The maximum atomic E-state index is 13.1. The van der Waals surface area contributed by atoms with Crippen molar-refractivity contribution in [1.82, 2.24) is 0 Å². The molecule has 0 unspecified atom stereocenters. The molecule has 3 N–H and O–H groups in total. The number of nitrogens with one attached hydrogen (secondary N) is 1. The maximum absolute atomic E-state index is 13.1. The van der Waals surface area contributed by atoms with Crippen LogP contribution in [0.15, 0.2) is 42.5 Å². The van der Waals surface area contributed by atoms with E-state index in [1.807, 2.05) is 0 Å². The van der Waals surface area contributed by atoms with E-state index in [1.54, 1.807) is 12.1 Å². The molecule has 0 aliphatic rings. The molecule has 0 fully saturated rings. The Morgan fingerprint density at radius 3 is 2.52 bits per heavy atom. The smallest absolute Gasteiger partial charge is 0.265 e. The average Bonchev–Trinajstić information content (AvgIpc) is 2.85. The second-order valence-electron chi connectivity index (χ2n) is 4.48. The molecule has 1 aromatic heterocycles. The van der Waals surface area contributed by atoms with Gasteiger partial charge in [-0.3, -0.25) is 4.79 Å². The van der Waals surface area contributed by atoms with Crippen molar-refractivity contribution in [3.8, 4) is 0 Å². The molecule has 0 aliphatic carbocycles. The fraction of sp³-hybridized carbons (Fsp3) is 0. The molecule has 3 nitrogen and oxygen atoms in total. The Morgan fingerprint density at radius 2 is 1.76 bits per heavy atom. The highest BCUT2D eigenvalue weighted by atomic mass is 32.1. The molecular weight excluding hydrogens is 294 g/mol. The Balaban J connectivity index is 1.89. The molecule has 2 aromatic carbocycles. The second-order valence-corrected chi connectivity index (χ2v) is 5.56. The number of rotatable bonds is 2. The molecule has 0 saturated heterocycles. The van der Waals surface area contributed by atoms with Crippen LogP contribution in [0.3, 0.4) is 0 Å². The first kappa shape index (κ1) is 13.5. The van der Waals surface area contributed by atoms with Crippen LogP contribution in [-0.4, -0.2) is 5.91 Å². The van der Waals surface area contributed by atoms with E-state index in [9.17, 15) is 13.6 Å². The van der Waals surface area contributed by atoms with Crippen LogP contribution in [0.4, 0.5) is 20.2 Å². The molecule has 0 aliphatic heterocycles. The van der Waals surface area contributed by atoms with Crippen molar-refractivity contribution in [1.29, 1.82) is 0 Å². The van der Waals surface area contributed by atoms with Gasteiger partial charge in [0.15, 0.2) is 0 Å². The summed E-state index contributed by atoms with van der Waals surface area (Å²) in [5.41, 5.74) is 6.13. The first-order valence-electron chi connectivity index (χ1n) is 6.08. The Hall–Kier alpha value is -2.47. The zero-order chi connectivity index (χ0) is 15.0. The normalized spacial score (nSPS) is 10.8. The van der Waals surface area contributed by atoms with Gasteiger partial charge < -0.3 is 11.1 Å². The number of fused-ring (bicyclic) bond motifs is 1. The van der Waals surface area contributed by atoms with Crippen LogP contribution < -0.4 is 11.1 Å². The number of thiophene rings is 1. The van der Waals surface area contributed by atoms with Gasteiger partial charge in [-0.2, -0.15) is 0 Å². The predicted octanol–water partition coefficient (Wildman–Crippen LogP) is 4.01. The number of carbonyl (C=O) groups excluding carboxylic acids is 1. The minimum atomic E-state index is -0.470. The number of halogens is 2. The van der Waals surface area contributed by atoms with Gasteiger partial charge in [0.2, 0.25) is 0 Å². The van der Waals surface area contributed by atoms with Crippen molar-refractivity contribution in [3.63, 3.8) is 0 Å². The van der Waals surface area contributed by atoms with Gasteiger partial charge in [-0.25, -0.2) is 8.78 Å². The van der Waals surface area contributed by atoms with Crippen LogP contribution in [-0.2, 0) is 0 Å². The van der Waals surface area contributed by atoms with Crippen LogP contribution in [0.5, 0.6) is 0 Å². The van der Waals surface area contributed by atoms with Gasteiger partial charge in [0.05, 0.1) is 16.3 Å². The Labute approximate surface area is 123 Å². The third-order valence-corrected chi connectivity index (χ3v) is 4.06. The highest BCUT2D eigenvalue weighted by Gasteiger charge is 2.12. The number of anilines is 2. The summed E-state index contributed by atoms with van der Waals surface area (Å²) in [5, 5.41) is 3.41. The molecular formula is C15H10F2N2OS. The topological polar surface area (TPSA) is 55.1 Å². The van der Waals surface area contributed by atoms with Gasteiger partial charge in [-0.15, -0.1) is 11.3 Å². The zero-order valence-electron chi connectivity index (χ0n) is 10.7. The molecule has 0 spiro atoms. The summed E-state index contributed by atoms with van der Waals surface area (Å²) in [6.07, 6.45) is 0. The van der Waals surface area contributed by atoms with Crippen LogP contribution in [0, 0.1) is 11.6 Å². The molecule has 3 aromatic rings. The fourth-order valence-electron chi connectivity index (χ4n) is 1.95. The summed E-state index contributed by atoms with van der Waals surface area (Å²) < 4.78 is 26.8. The van der Waals surface area contributed by atoms with E-state index in [1.165, 1.54) is 35.6 Å². The van der Waals surface area contributed by atoms with Gasteiger partial charge in [0.1, 0.15) is 11.6 Å². The minimum absolute atomic E-state index is 0.149. The molecule has 1 amide bonds. The third kappa shape index (κ3) is 2.71. The lowest BCUT2D eigenvalue weighted by Gasteiger charge is -2.06. The number of benzene rings is 2. The lowest BCUT2D eigenvalue weighted by atomic mass is 10.2. The zero-order valence-corrected chi connectivity index (χ0v) is 11.5. The number of hydrogen-bond acceptors (Lipinski definition) is 3. The molecule has 1 heterocycles. The van der Waals surface area contributed by atoms with Crippen molar-refractivity contribution in [2.24, 2.45) is 0 Å². The summed E-state index contributed by atoms with van der Waals surface area (Å²) in [5.74, 6) is -1.18. The molecule has 0 radical (unpaired) electrons. The summed E-state index contributed by atoms with van der Waals surface area (Å²) >= 11 is 1.18. The van der Waals surface area contributed by atoms with Crippen molar-refractivity contribution in [3.05, 3.63) is 59.0 Å². The minimum Gasteiger partial charge on any atom is -0.397 e. The second kappa shape index (κ2) is 5.14. The summed E-state index contributed by atoms with van der Waals surface area (Å²) in [6, 6.07) is 9.76. The predicted molar refractivity (Wildman–Crippen MR) is 80.5 cm³/mol. The van der Waals surface area contributed by atoms with E-state index < -0.39 is 5.82 Å². The van der Waals surface area contributed by atoms with E-state index in [-0.39, 0.29) is 17.4 Å². The Morgan fingerprint density at radius 1 is 1.05 bits per heavy atom. The number of nitrogen functional groups attached to an aromatic ring is 1. The fourth-order valence-corrected chi connectivity index (χ4v) is 2.93. The monoisotopic (exact) mass is 304 g/mol. The molecule has 0 atom stereocenters. The summed E-state index contributed by atoms with van der Waals surface area (Å²) in [4.78, 5) is 12.6. The quantitative estimate of drug-likeness (QED) is 0.703. The van der Waals surface area contributed by atoms with Crippen LogP contribution in [0.1, 0.15) is 9.67 Å². The van der Waals surface area contributed by atoms with E-state index in [4.69, 9.17) is 5.73 Å². The van der Waals surface area contributed by atoms with Gasteiger partial charge in [-0.1, -0.05) is 6.07 Å². The number of carbonyl (C=O) groups is 1. The average molecular weight is 304 g/mol. The van der Waals surface area contributed by atoms with Gasteiger partial charge >= 0.3 is 0 Å². The van der Waals surface area contributed by atoms with Gasteiger partial charge in [-0.05, 0) is 41.8 Å². The molecule has 3 rings (SSSR count).